The van der Waals surface area contributed by atoms with Crippen LogP contribution in [0.3, 0.4) is 0 Å². The highest BCUT2D eigenvalue weighted by Gasteiger charge is 2.51. The Hall–Kier alpha value is 0.790. The standard InChI is InChI=1S/C14H20Cl4O2/c1-2-5-14(17,18)13(19)12-8-3-4-11(20-12)9(6-8)10(16)7-15/h8-12H,2-7H2,1H3. The van der Waals surface area contributed by atoms with Gasteiger partial charge in [0.15, 0.2) is 10.1 Å². The lowest BCUT2D eigenvalue weighted by Gasteiger charge is -2.48. The van der Waals surface area contributed by atoms with Crippen molar-refractivity contribution in [3.63, 3.8) is 0 Å². The van der Waals surface area contributed by atoms with E-state index in [4.69, 9.17) is 51.1 Å². The Labute approximate surface area is 140 Å². The van der Waals surface area contributed by atoms with Gasteiger partial charge in [0.05, 0.1) is 11.5 Å². The number of carbonyl (C=O) groups excluding carboxylic acids is 1. The number of ether oxygens (including phenoxy) is 1. The SMILES string of the molecule is CCCC(Cl)(Cl)C(=O)C1OC2CCC1CC2C(Cl)CCl. The van der Waals surface area contributed by atoms with E-state index in [9.17, 15) is 4.79 Å². The molecule has 0 aromatic heterocycles. The number of carbonyl (C=O) groups is 1. The van der Waals surface area contributed by atoms with Gasteiger partial charge in [0, 0.05) is 11.8 Å². The summed E-state index contributed by atoms with van der Waals surface area (Å²) in [5.41, 5.74) is 0. The summed E-state index contributed by atoms with van der Waals surface area (Å²) in [6.07, 6.45) is 3.52. The molecule has 3 aliphatic rings. The van der Waals surface area contributed by atoms with Gasteiger partial charge >= 0.3 is 0 Å². The van der Waals surface area contributed by atoms with Crippen LogP contribution in [0.4, 0.5) is 0 Å². The monoisotopic (exact) mass is 360 g/mol. The van der Waals surface area contributed by atoms with E-state index in [1.807, 2.05) is 6.92 Å². The molecule has 5 atom stereocenters. The molecule has 1 aliphatic carbocycles. The minimum Gasteiger partial charge on any atom is -0.366 e. The fourth-order valence-corrected chi connectivity index (χ4v) is 4.46. The van der Waals surface area contributed by atoms with Gasteiger partial charge in [-0.15, -0.1) is 23.2 Å². The quantitative estimate of drug-likeness (QED) is 0.648. The summed E-state index contributed by atoms with van der Waals surface area (Å²) in [7, 11) is 0. The number of alkyl halides is 4. The maximum atomic E-state index is 12.5. The van der Waals surface area contributed by atoms with Crippen molar-refractivity contribution >= 4 is 52.2 Å². The van der Waals surface area contributed by atoms with E-state index in [1.165, 1.54) is 0 Å². The maximum absolute atomic E-state index is 12.5. The average Bonchev–Trinajstić information content (AvgIpc) is 2.45. The molecule has 3 rings (SSSR count). The molecule has 2 heterocycles. The molecule has 3 fully saturated rings. The third-order valence-corrected chi connectivity index (χ3v) is 6.14. The van der Waals surface area contributed by atoms with Crippen molar-refractivity contribution < 1.29 is 9.53 Å². The van der Waals surface area contributed by atoms with Gasteiger partial charge in [-0.1, -0.05) is 36.5 Å². The number of hydrogen-bond acceptors (Lipinski definition) is 2. The molecule has 116 valence electrons. The van der Waals surface area contributed by atoms with Crippen LogP contribution in [-0.2, 0) is 9.53 Å². The molecule has 0 N–H and O–H groups in total. The number of hydrogen-bond donors (Lipinski definition) is 0. The van der Waals surface area contributed by atoms with Crippen LogP contribution in [0.1, 0.15) is 39.0 Å². The zero-order valence-corrected chi connectivity index (χ0v) is 14.5. The Morgan fingerprint density at radius 2 is 2.10 bits per heavy atom. The van der Waals surface area contributed by atoms with Gasteiger partial charge in [-0.2, -0.15) is 0 Å². The van der Waals surface area contributed by atoms with Crippen LogP contribution in [0.2, 0.25) is 0 Å². The molecular formula is C14H20Cl4O2. The Morgan fingerprint density at radius 1 is 1.40 bits per heavy atom. The van der Waals surface area contributed by atoms with Gasteiger partial charge in [-0.3, -0.25) is 4.79 Å². The largest absolute Gasteiger partial charge is 0.366 e. The summed E-state index contributed by atoms with van der Waals surface area (Å²) in [5.74, 6) is 0.606. The zero-order chi connectivity index (χ0) is 14.9. The van der Waals surface area contributed by atoms with Crippen LogP contribution in [0, 0.1) is 11.8 Å². The van der Waals surface area contributed by atoms with Crippen LogP contribution < -0.4 is 0 Å². The van der Waals surface area contributed by atoms with Crippen molar-refractivity contribution in [2.45, 2.75) is 60.9 Å². The summed E-state index contributed by atoms with van der Waals surface area (Å²) in [5, 5.41) is -0.104. The normalized spacial score (nSPS) is 35.0. The first-order chi connectivity index (χ1) is 9.40. The van der Waals surface area contributed by atoms with E-state index in [-0.39, 0.29) is 29.1 Å². The molecule has 2 saturated heterocycles. The summed E-state index contributed by atoms with van der Waals surface area (Å²) >= 11 is 24.4. The van der Waals surface area contributed by atoms with Crippen molar-refractivity contribution in [1.29, 1.82) is 0 Å². The fourth-order valence-electron chi connectivity index (χ4n) is 3.37. The lowest BCUT2D eigenvalue weighted by atomic mass is 9.71. The number of fused-ring (bicyclic) bond motifs is 3. The smallest absolute Gasteiger partial charge is 0.197 e. The van der Waals surface area contributed by atoms with Crippen LogP contribution in [0.25, 0.3) is 0 Å². The average molecular weight is 362 g/mol. The van der Waals surface area contributed by atoms with Crippen molar-refractivity contribution in [2.75, 3.05) is 5.88 Å². The molecule has 0 aromatic rings. The van der Waals surface area contributed by atoms with Gasteiger partial charge in [0.2, 0.25) is 0 Å². The molecule has 6 heteroatoms. The zero-order valence-electron chi connectivity index (χ0n) is 11.5. The number of rotatable bonds is 6. The third-order valence-electron chi connectivity index (χ3n) is 4.42. The Kier molecular flexibility index (Phi) is 5.93. The molecule has 0 radical (unpaired) electrons. The van der Waals surface area contributed by atoms with E-state index in [1.54, 1.807) is 0 Å². The Bertz CT molecular complexity index is 361. The summed E-state index contributed by atoms with van der Waals surface area (Å²) < 4.78 is 4.62. The molecule has 20 heavy (non-hydrogen) atoms. The van der Waals surface area contributed by atoms with Gasteiger partial charge < -0.3 is 4.74 Å². The van der Waals surface area contributed by atoms with E-state index in [2.05, 4.69) is 0 Å². The highest BCUT2D eigenvalue weighted by molar-refractivity contribution is 6.58. The second-order valence-corrected chi connectivity index (χ2v) is 8.17. The number of ketones is 1. The fraction of sp³-hybridized carbons (Fsp3) is 0.929. The maximum Gasteiger partial charge on any atom is 0.197 e. The van der Waals surface area contributed by atoms with Gasteiger partial charge in [-0.25, -0.2) is 0 Å². The first-order valence-electron chi connectivity index (χ1n) is 7.18. The minimum absolute atomic E-state index is 0.000889. The number of Topliss-reactive ketones (excluding diaryl/α,β-unsaturated/α-hetero) is 1. The number of halogens is 4. The highest BCUT2D eigenvalue weighted by atomic mass is 35.5. The lowest BCUT2D eigenvalue weighted by Crippen LogP contribution is -2.55. The third kappa shape index (κ3) is 3.41. The van der Waals surface area contributed by atoms with Crippen LogP contribution in [0.15, 0.2) is 0 Å². The first kappa shape index (κ1) is 17.1. The molecule has 2 bridgehead atoms. The molecule has 2 nitrogen and oxygen atoms in total. The van der Waals surface area contributed by atoms with Crippen LogP contribution in [-0.4, -0.2) is 33.6 Å². The van der Waals surface area contributed by atoms with Crippen LogP contribution >= 0.6 is 46.4 Å². The molecule has 0 spiro atoms. The molecule has 0 aromatic carbocycles. The summed E-state index contributed by atoms with van der Waals surface area (Å²) in [6.45, 7) is 1.95. The molecule has 0 amide bonds. The molecule has 1 saturated carbocycles. The van der Waals surface area contributed by atoms with Crippen molar-refractivity contribution in [3.8, 4) is 0 Å². The van der Waals surface area contributed by atoms with E-state index in [0.29, 0.717) is 12.3 Å². The first-order valence-corrected chi connectivity index (χ1v) is 8.91. The van der Waals surface area contributed by atoms with Gasteiger partial charge in [0.1, 0.15) is 6.10 Å². The van der Waals surface area contributed by atoms with E-state index in [0.717, 1.165) is 25.7 Å². The van der Waals surface area contributed by atoms with E-state index >= 15 is 0 Å². The summed E-state index contributed by atoms with van der Waals surface area (Å²) in [6, 6.07) is 0. The second kappa shape index (κ2) is 6.91. The van der Waals surface area contributed by atoms with Crippen molar-refractivity contribution in [1.82, 2.24) is 0 Å². The second-order valence-electron chi connectivity index (χ2n) is 5.82. The predicted octanol–water partition coefficient (Wildman–Crippen LogP) is 4.56. The van der Waals surface area contributed by atoms with Crippen molar-refractivity contribution in [3.05, 3.63) is 0 Å². The lowest BCUT2D eigenvalue weighted by molar-refractivity contribution is -0.172. The molecular weight excluding hydrogens is 342 g/mol. The molecule has 2 aliphatic heterocycles. The highest BCUT2D eigenvalue weighted by Crippen LogP contribution is 2.46. The summed E-state index contributed by atoms with van der Waals surface area (Å²) in [4.78, 5) is 12.5. The Morgan fingerprint density at radius 3 is 2.60 bits per heavy atom. The van der Waals surface area contributed by atoms with Crippen LogP contribution in [0.5, 0.6) is 0 Å². The molecule has 5 unspecified atom stereocenters. The van der Waals surface area contributed by atoms with Gasteiger partial charge in [0.25, 0.3) is 0 Å². The minimum atomic E-state index is -1.33. The predicted molar refractivity (Wildman–Crippen MR) is 84.2 cm³/mol. The topological polar surface area (TPSA) is 26.3 Å². The Balaban J connectivity index is 2.06. The van der Waals surface area contributed by atoms with Crippen molar-refractivity contribution in [2.24, 2.45) is 11.8 Å². The van der Waals surface area contributed by atoms with E-state index < -0.39 is 10.4 Å². The van der Waals surface area contributed by atoms with Gasteiger partial charge in [-0.05, 0) is 31.6 Å².